The lowest BCUT2D eigenvalue weighted by Gasteiger charge is -2.36. The molecule has 2 unspecified atom stereocenters. The van der Waals surface area contributed by atoms with Crippen LogP contribution in [-0.4, -0.2) is 30.2 Å². The second kappa shape index (κ2) is 4.68. The van der Waals surface area contributed by atoms with Crippen LogP contribution in [0.1, 0.15) is 19.6 Å². The Kier molecular flexibility index (Phi) is 3.49. The third kappa shape index (κ3) is 2.83. The number of hydrogen-bond donors (Lipinski definition) is 0. The van der Waals surface area contributed by atoms with Crippen molar-refractivity contribution >= 4 is 15.9 Å². The van der Waals surface area contributed by atoms with Crippen molar-refractivity contribution < 1.29 is 9.15 Å². The fourth-order valence-electron chi connectivity index (χ4n) is 1.83. The summed E-state index contributed by atoms with van der Waals surface area (Å²) in [5, 5.41) is 0. The number of rotatable bonds is 2. The molecule has 0 N–H and O–H groups in total. The molecule has 0 bridgehead atoms. The first kappa shape index (κ1) is 11.2. The molecule has 2 atom stereocenters. The van der Waals surface area contributed by atoms with Gasteiger partial charge in [0.15, 0.2) is 4.67 Å². The van der Waals surface area contributed by atoms with E-state index in [0.717, 1.165) is 30.1 Å². The minimum Gasteiger partial charge on any atom is -0.453 e. The van der Waals surface area contributed by atoms with Crippen molar-refractivity contribution in [3.8, 4) is 0 Å². The highest BCUT2D eigenvalue weighted by molar-refractivity contribution is 9.10. The molecule has 1 aromatic heterocycles. The Bertz CT molecular complexity index is 326. The summed E-state index contributed by atoms with van der Waals surface area (Å²) in [6, 6.07) is 4.41. The first-order valence-electron chi connectivity index (χ1n) is 5.25. The van der Waals surface area contributed by atoms with Crippen LogP contribution in [0, 0.1) is 0 Å². The highest BCUT2D eigenvalue weighted by Gasteiger charge is 2.23. The van der Waals surface area contributed by atoms with Crippen LogP contribution in [0.2, 0.25) is 0 Å². The van der Waals surface area contributed by atoms with Gasteiger partial charge in [-0.15, -0.1) is 0 Å². The summed E-state index contributed by atoms with van der Waals surface area (Å²) < 4.78 is 11.9. The summed E-state index contributed by atoms with van der Waals surface area (Å²) in [6.07, 6.45) is 0.319. The minimum absolute atomic E-state index is 0.319. The quantitative estimate of drug-likeness (QED) is 0.829. The van der Waals surface area contributed by atoms with E-state index in [1.807, 2.05) is 12.1 Å². The van der Waals surface area contributed by atoms with E-state index >= 15 is 0 Å². The Labute approximate surface area is 98.5 Å². The molecule has 15 heavy (non-hydrogen) atoms. The molecule has 0 spiro atoms. The van der Waals surface area contributed by atoms with Gasteiger partial charge in [0, 0.05) is 12.6 Å². The van der Waals surface area contributed by atoms with E-state index in [1.165, 1.54) is 0 Å². The Morgan fingerprint density at radius 3 is 2.93 bits per heavy atom. The summed E-state index contributed by atoms with van der Waals surface area (Å²) >= 11 is 3.31. The van der Waals surface area contributed by atoms with Crippen molar-refractivity contribution in [2.24, 2.45) is 0 Å². The zero-order chi connectivity index (χ0) is 10.8. The normalized spacial score (nSPS) is 28.2. The highest BCUT2D eigenvalue weighted by atomic mass is 79.9. The Morgan fingerprint density at radius 1 is 1.47 bits per heavy atom. The van der Waals surface area contributed by atoms with Crippen LogP contribution < -0.4 is 0 Å². The number of halogens is 1. The van der Waals surface area contributed by atoms with Gasteiger partial charge in [-0.2, -0.15) is 0 Å². The first-order valence-corrected chi connectivity index (χ1v) is 6.04. The van der Waals surface area contributed by atoms with E-state index in [4.69, 9.17) is 9.15 Å². The molecule has 0 aliphatic carbocycles. The zero-order valence-electron chi connectivity index (χ0n) is 9.07. The van der Waals surface area contributed by atoms with Crippen LogP contribution in [-0.2, 0) is 11.3 Å². The Balaban J connectivity index is 1.98. The maximum Gasteiger partial charge on any atom is 0.169 e. The topological polar surface area (TPSA) is 25.6 Å². The van der Waals surface area contributed by atoms with Crippen LogP contribution in [0.3, 0.4) is 0 Å². The summed E-state index contributed by atoms with van der Waals surface area (Å²) in [6.45, 7) is 6.93. The van der Waals surface area contributed by atoms with Crippen LogP contribution in [0.4, 0.5) is 0 Å². The predicted octanol–water partition coefficient (Wildman–Crippen LogP) is 2.65. The van der Waals surface area contributed by atoms with Gasteiger partial charge in [-0.05, 0) is 41.9 Å². The summed E-state index contributed by atoms with van der Waals surface area (Å²) in [5.41, 5.74) is 0. The first-order chi connectivity index (χ1) is 7.15. The second-order valence-corrected chi connectivity index (χ2v) is 4.91. The third-order valence-corrected chi connectivity index (χ3v) is 3.15. The second-order valence-electron chi connectivity index (χ2n) is 4.13. The van der Waals surface area contributed by atoms with E-state index < -0.39 is 0 Å². The fourth-order valence-corrected chi connectivity index (χ4v) is 2.17. The standard InChI is InChI=1S/C11H16BrNO2/c1-8-7-14-9(2)5-13(8)6-10-3-4-11(12)15-10/h3-4,8-9H,5-7H2,1-2H3. The van der Waals surface area contributed by atoms with Crippen LogP contribution >= 0.6 is 15.9 Å². The van der Waals surface area contributed by atoms with Gasteiger partial charge in [0.25, 0.3) is 0 Å². The molecule has 2 rings (SSSR count). The van der Waals surface area contributed by atoms with E-state index in [1.54, 1.807) is 0 Å². The smallest absolute Gasteiger partial charge is 0.169 e. The molecule has 1 aliphatic heterocycles. The Morgan fingerprint density at radius 2 is 2.27 bits per heavy atom. The molecule has 4 heteroatoms. The molecule has 1 saturated heterocycles. The third-order valence-electron chi connectivity index (χ3n) is 2.72. The van der Waals surface area contributed by atoms with Gasteiger partial charge in [0.2, 0.25) is 0 Å². The monoisotopic (exact) mass is 273 g/mol. The van der Waals surface area contributed by atoms with Crippen molar-refractivity contribution in [1.29, 1.82) is 0 Å². The molecule has 1 fully saturated rings. The van der Waals surface area contributed by atoms with Crippen molar-refractivity contribution in [3.63, 3.8) is 0 Å². The average molecular weight is 274 g/mol. The van der Waals surface area contributed by atoms with Crippen molar-refractivity contribution in [2.45, 2.75) is 32.5 Å². The lowest BCUT2D eigenvalue weighted by atomic mass is 10.2. The van der Waals surface area contributed by atoms with E-state index in [0.29, 0.717) is 12.1 Å². The summed E-state index contributed by atoms with van der Waals surface area (Å²) in [4.78, 5) is 2.39. The van der Waals surface area contributed by atoms with Gasteiger partial charge in [-0.3, -0.25) is 4.90 Å². The van der Waals surface area contributed by atoms with Crippen molar-refractivity contribution in [2.75, 3.05) is 13.2 Å². The van der Waals surface area contributed by atoms with Crippen LogP contribution in [0.25, 0.3) is 0 Å². The van der Waals surface area contributed by atoms with Crippen LogP contribution in [0.15, 0.2) is 21.2 Å². The SMILES string of the molecule is CC1CN(Cc2ccc(Br)o2)C(C)CO1. The number of nitrogens with zero attached hydrogens (tertiary/aromatic N) is 1. The number of ether oxygens (including phenoxy) is 1. The molecular formula is C11H16BrNO2. The largest absolute Gasteiger partial charge is 0.453 e. The fraction of sp³-hybridized carbons (Fsp3) is 0.636. The number of morpholine rings is 1. The van der Waals surface area contributed by atoms with Crippen molar-refractivity contribution in [3.05, 3.63) is 22.6 Å². The number of hydrogen-bond acceptors (Lipinski definition) is 3. The molecular weight excluding hydrogens is 258 g/mol. The van der Waals surface area contributed by atoms with E-state index in [-0.39, 0.29) is 0 Å². The molecule has 3 nitrogen and oxygen atoms in total. The maximum absolute atomic E-state index is 5.58. The van der Waals surface area contributed by atoms with Crippen molar-refractivity contribution in [1.82, 2.24) is 4.90 Å². The lowest BCUT2D eigenvalue weighted by molar-refractivity contribution is -0.0546. The van der Waals surface area contributed by atoms with Crippen LogP contribution in [0.5, 0.6) is 0 Å². The summed E-state index contributed by atoms with van der Waals surface area (Å²) in [5.74, 6) is 1.00. The predicted molar refractivity (Wildman–Crippen MR) is 61.7 cm³/mol. The van der Waals surface area contributed by atoms with E-state index in [9.17, 15) is 0 Å². The van der Waals surface area contributed by atoms with Gasteiger partial charge < -0.3 is 9.15 Å². The van der Waals surface area contributed by atoms with Gasteiger partial charge in [-0.1, -0.05) is 0 Å². The van der Waals surface area contributed by atoms with Gasteiger partial charge >= 0.3 is 0 Å². The maximum atomic E-state index is 5.58. The molecule has 0 amide bonds. The number of furan rings is 1. The zero-order valence-corrected chi connectivity index (χ0v) is 10.7. The van der Waals surface area contributed by atoms with Gasteiger partial charge in [0.05, 0.1) is 19.3 Å². The molecule has 0 radical (unpaired) electrons. The lowest BCUT2D eigenvalue weighted by Crippen LogP contribution is -2.46. The molecule has 0 saturated carbocycles. The molecule has 1 aliphatic rings. The minimum atomic E-state index is 0.319. The van der Waals surface area contributed by atoms with E-state index in [2.05, 4.69) is 34.7 Å². The summed E-state index contributed by atoms with van der Waals surface area (Å²) in [7, 11) is 0. The van der Waals surface area contributed by atoms with Gasteiger partial charge in [-0.25, -0.2) is 0 Å². The molecule has 2 heterocycles. The highest BCUT2D eigenvalue weighted by Crippen LogP contribution is 2.19. The molecule has 84 valence electrons. The average Bonchev–Trinajstić information content (AvgIpc) is 2.58. The van der Waals surface area contributed by atoms with Gasteiger partial charge in [0.1, 0.15) is 5.76 Å². The Hall–Kier alpha value is -0.320. The molecule has 1 aromatic rings. The molecule has 0 aromatic carbocycles.